The molecule has 0 saturated carbocycles. The Kier molecular flexibility index (Phi) is 4.97. The van der Waals surface area contributed by atoms with Gasteiger partial charge in [-0.25, -0.2) is 4.98 Å². The second kappa shape index (κ2) is 7.38. The van der Waals surface area contributed by atoms with Gasteiger partial charge in [-0.2, -0.15) is 0 Å². The summed E-state index contributed by atoms with van der Waals surface area (Å²) in [6.07, 6.45) is 3.55. The molecule has 3 aromatic rings. The second-order valence-electron chi connectivity index (χ2n) is 6.22. The van der Waals surface area contributed by atoms with Crippen molar-refractivity contribution in [2.24, 2.45) is 0 Å². The van der Waals surface area contributed by atoms with Crippen LogP contribution in [0.5, 0.6) is 0 Å². The Morgan fingerprint density at radius 2 is 2.04 bits per heavy atom. The fourth-order valence-electron chi connectivity index (χ4n) is 3.21. The van der Waals surface area contributed by atoms with Crippen LogP contribution in [0.2, 0.25) is 0 Å². The van der Waals surface area contributed by atoms with Crippen LogP contribution in [-0.4, -0.2) is 52.9 Å². The number of benzene rings is 1. The van der Waals surface area contributed by atoms with Gasteiger partial charge in [0.15, 0.2) is 4.96 Å². The fourth-order valence-corrected chi connectivity index (χ4v) is 4.55. The highest BCUT2D eigenvalue weighted by Crippen LogP contribution is 2.28. The van der Waals surface area contributed by atoms with E-state index in [1.165, 1.54) is 11.3 Å². The Hall–Kier alpha value is -1.90. The highest BCUT2D eigenvalue weighted by Gasteiger charge is 2.20. The van der Waals surface area contributed by atoms with E-state index in [-0.39, 0.29) is 5.91 Å². The van der Waals surface area contributed by atoms with Crippen LogP contribution in [0.15, 0.2) is 41.3 Å². The molecule has 1 saturated heterocycles. The monoisotopic (exact) mass is 433 g/mol. The number of imidazole rings is 1. The van der Waals surface area contributed by atoms with Gasteiger partial charge in [-0.15, -0.1) is 0 Å². The van der Waals surface area contributed by atoms with Crippen LogP contribution in [0.4, 0.5) is 11.4 Å². The number of hydrogen-bond donors (Lipinski definition) is 1. The van der Waals surface area contributed by atoms with Crippen molar-refractivity contribution in [3.05, 3.63) is 46.1 Å². The third-order valence-corrected chi connectivity index (χ3v) is 6.28. The minimum absolute atomic E-state index is 0.105. The number of piperazine rings is 1. The maximum atomic E-state index is 12.7. The Labute approximate surface area is 164 Å². The van der Waals surface area contributed by atoms with E-state index in [0.717, 1.165) is 53.7 Å². The fraction of sp³-hybridized carbons (Fsp3) is 0.333. The van der Waals surface area contributed by atoms with Gasteiger partial charge in [-0.05, 0) is 34.6 Å². The van der Waals surface area contributed by atoms with E-state index in [4.69, 9.17) is 0 Å². The summed E-state index contributed by atoms with van der Waals surface area (Å²) in [6, 6.07) is 8.02. The van der Waals surface area contributed by atoms with Crippen molar-refractivity contribution in [3.63, 3.8) is 0 Å². The smallest absolute Gasteiger partial charge is 0.267 e. The number of halogens is 1. The van der Waals surface area contributed by atoms with Crippen LogP contribution in [-0.2, 0) is 0 Å². The standard InChI is InChI=1S/C18H20BrN5OS/c1-2-22-7-9-23(10-8-22)14-6-4-3-5-13(14)21-17(25)15-12-24-16(19)11-20-18(24)26-15/h3-6,11-12H,2,7-10H2,1H3,(H,21,25). The zero-order valence-electron chi connectivity index (χ0n) is 14.5. The largest absolute Gasteiger partial charge is 0.367 e. The SMILES string of the molecule is CCN1CCN(c2ccccc2NC(=O)c2cn3c(Br)cnc3s2)CC1. The summed E-state index contributed by atoms with van der Waals surface area (Å²) in [5, 5.41) is 3.08. The van der Waals surface area contributed by atoms with Crippen molar-refractivity contribution in [1.29, 1.82) is 0 Å². The molecular weight excluding hydrogens is 414 g/mol. The molecule has 0 radical (unpaired) electrons. The lowest BCUT2D eigenvalue weighted by atomic mass is 10.2. The first-order chi connectivity index (χ1) is 12.7. The van der Waals surface area contributed by atoms with E-state index in [1.54, 1.807) is 6.20 Å². The van der Waals surface area contributed by atoms with Gasteiger partial charge in [0.05, 0.1) is 17.6 Å². The number of nitrogens with zero attached hydrogens (tertiary/aromatic N) is 4. The minimum Gasteiger partial charge on any atom is -0.367 e. The van der Waals surface area contributed by atoms with Crippen molar-refractivity contribution in [2.75, 3.05) is 42.9 Å². The normalized spacial score (nSPS) is 15.5. The summed E-state index contributed by atoms with van der Waals surface area (Å²) in [7, 11) is 0. The Morgan fingerprint density at radius 3 is 2.77 bits per heavy atom. The van der Waals surface area contributed by atoms with E-state index in [1.807, 2.05) is 28.8 Å². The van der Waals surface area contributed by atoms with Crippen LogP contribution in [0, 0.1) is 0 Å². The summed E-state index contributed by atoms with van der Waals surface area (Å²) in [6.45, 7) is 7.33. The van der Waals surface area contributed by atoms with Gasteiger partial charge in [-0.3, -0.25) is 9.20 Å². The van der Waals surface area contributed by atoms with E-state index >= 15 is 0 Å². The lowest BCUT2D eigenvalue weighted by molar-refractivity contribution is 0.103. The second-order valence-corrected chi connectivity index (χ2v) is 8.04. The average Bonchev–Trinajstić information content (AvgIpc) is 3.25. The number of thiazole rings is 1. The summed E-state index contributed by atoms with van der Waals surface area (Å²) < 4.78 is 2.71. The maximum Gasteiger partial charge on any atom is 0.267 e. The van der Waals surface area contributed by atoms with Gasteiger partial charge in [0.1, 0.15) is 9.48 Å². The third kappa shape index (κ3) is 3.36. The molecule has 8 heteroatoms. The van der Waals surface area contributed by atoms with Gasteiger partial charge >= 0.3 is 0 Å². The minimum atomic E-state index is -0.105. The van der Waals surface area contributed by atoms with Gasteiger partial charge < -0.3 is 15.1 Å². The van der Waals surface area contributed by atoms with Crippen LogP contribution < -0.4 is 10.2 Å². The Balaban J connectivity index is 1.53. The predicted molar refractivity (Wildman–Crippen MR) is 109 cm³/mol. The number of rotatable bonds is 4. The van der Waals surface area contributed by atoms with Crippen molar-refractivity contribution in [1.82, 2.24) is 14.3 Å². The van der Waals surface area contributed by atoms with E-state index in [2.05, 4.69) is 49.0 Å². The molecule has 1 N–H and O–H groups in total. The Morgan fingerprint density at radius 1 is 1.27 bits per heavy atom. The zero-order valence-corrected chi connectivity index (χ0v) is 16.9. The number of carbonyl (C=O) groups is 1. The first-order valence-electron chi connectivity index (χ1n) is 8.66. The number of para-hydroxylation sites is 2. The zero-order chi connectivity index (χ0) is 18.1. The maximum absolute atomic E-state index is 12.7. The average molecular weight is 434 g/mol. The number of carbonyl (C=O) groups excluding carboxylic acids is 1. The molecule has 0 aliphatic carbocycles. The van der Waals surface area contributed by atoms with Crippen molar-refractivity contribution >= 4 is 49.5 Å². The molecule has 0 atom stereocenters. The highest BCUT2D eigenvalue weighted by atomic mass is 79.9. The third-order valence-electron chi connectivity index (χ3n) is 4.70. The van der Waals surface area contributed by atoms with Gasteiger partial charge in [0.25, 0.3) is 5.91 Å². The van der Waals surface area contributed by atoms with Crippen LogP contribution in [0.1, 0.15) is 16.6 Å². The lowest BCUT2D eigenvalue weighted by Crippen LogP contribution is -2.46. The van der Waals surface area contributed by atoms with Crippen LogP contribution in [0.25, 0.3) is 4.96 Å². The first-order valence-corrected chi connectivity index (χ1v) is 10.3. The molecule has 0 unspecified atom stereocenters. The molecule has 136 valence electrons. The molecule has 6 nitrogen and oxygen atoms in total. The molecule has 1 fully saturated rings. The number of amides is 1. The molecule has 1 aliphatic rings. The van der Waals surface area contributed by atoms with Gasteiger partial charge in [-0.1, -0.05) is 30.4 Å². The summed E-state index contributed by atoms with van der Waals surface area (Å²) in [4.78, 5) is 23.2. The quantitative estimate of drug-likeness (QED) is 0.683. The Bertz CT molecular complexity index is 929. The molecule has 4 rings (SSSR count). The van der Waals surface area contributed by atoms with Crippen molar-refractivity contribution in [3.8, 4) is 0 Å². The summed E-state index contributed by atoms with van der Waals surface area (Å²) >= 11 is 4.82. The summed E-state index contributed by atoms with van der Waals surface area (Å²) in [5.74, 6) is -0.105. The number of aromatic nitrogens is 2. The number of anilines is 2. The molecule has 2 aromatic heterocycles. The molecule has 0 bridgehead atoms. The number of nitrogens with one attached hydrogen (secondary N) is 1. The molecule has 26 heavy (non-hydrogen) atoms. The number of fused-ring (bicyclic) bond motifs is 1. The first kappa shape index (κ1) is 17.5. The van der Waals surface area contributed by atoms with Gasteiger partial charge in [0.2, 0.25) is 0 Å². The predicted octanol–water partition coefficient (Wildman–Crippen LogP) is 3.55. The summed E-state index contributed by atoms with van der Waals surface area (Å²) in [5.41, 5.74) is 1.94. The number of hydrogen-bond acceptors (Lipinski definition) is 5. The molecule has 3 heterocycles. The molecular formula is C18H20BrN5OS. The molecule has 1 aliphatic heterocycles. The van der Waals surface area contributed by atoms with Gasteiger partial charge in [0, 0.05) is 32.4 Å². The topological polar surface area (TPSA) is 52.9 Å². The van der Waals surface area contributed by atoms with Crippen molar-refractivity contribution in [2.45, 2.75) is 6.92 Å². The van der Waals surface area contributed by atoms with Crippen LogP contribution >= 0.6 is 27.3 Å². The van der Waals surface area contributed by atoms with E-state index in [0.29, 0.717) is 4.88 Å². The molecule has 1 amide bonds. The van der Waals surface area contributed by atoms with E-state index in [9.17, 15) is 4.79 Å². The molecule has 1 aromatic carbocycles. The lowest BCUT2D eigenvalue weighted by Gasteiger charge is -2.36. The van der Waals surface area contributed by atoms with E-state index < -0.39 is 0 Å². The molecule has 0 spiro atoms. The highest BCUT2D eigenvalue weighted by molar-refractivity contribution is 9.10. The number of likely N-dealkylation sites (N-methyl/N-ethyl adjacent to an activating group) is 1. The van der Waals surface area contributed by atoms with Crippen molar-refractivity contribution < 1.29 is 4.79 Å². The van der Waals surface area contributed by atoms with Crippen LogP contribution in [0.3, 0.4) is 0 Å².